The summed E-state index contributed by atoms with van der Waals surface area (Å²) in [5, 5.41) is 3.39. The first-order valence-electron chi connectivity index (χ1n) is 4.67. The second-order valence-corrected chi connectivity index (χ2v) is 4.31. The van der Waals surface area contributed by atoms with Gasteiger partial charge in [0.2, 0.25) is 0 Å². The van der Waals surface area contributed by atoms with Crippen LogP contribution in [0.2, 0.25) is 0 Å². The Hall–Kier alpha value is -1.02. The first-order chi connectivity index (χ1) is 6.08. The average Bonchev–Trinajstić information content (AvgIpc) is 2.04. The Labute approximate surface area is 80.8 Å². The molecule has 0 saturated heterocycles. The van der Waals surface area contributed by atoms with E-state index in [2.05, 4.69) is 38.6 Å². The molecular weight excluding hydrogens is 160 g/mol. The van der Waals surface area contributed by atoms with E-state index in [4.69, 9.17) is 0 Å². The van der Waals surface area contributed by atoms with Crippen molar-refractivity contribution in [1.29, 1.82) is 0 Å². The van der Waals surface area contributed by atoms with Gasteiger partial charge < -0.3 is 9.80 Å². The zero-order chi connectivity index (χ0) is 9.73. The Bertz CT molecular complexity index is 236. The lowest BCUT2D eigenvalue weighted by Crippen LogP contribution is -2.38. The number of benzene rings is 1. The molecule has 1 N–H and O–H groups in total. The van der Waals surface area contributed by atoms with Crippen LogP contribution in [0.5, 0.6) is 0 Å². The molecule has 0 aromatic heterocycles. The number of likely N-dealkylation sites (N-methyl/N-ethyl adjacent to an activating group) is 1. The van der Waals surface area contributed by atoms with Crippen molar-refractivity contribution in [3.63, 3.8) is 0 Å². The average molecular weight is 179 g/mol. The largest absolute Gasteiger partial charge is 0.379 e. The van der Waals surface area contributed by atoms with Gasteiger partial charge in [-0.1, -0.05) is 18.2 Å². The summed E-state index contributed by atoms with van der Waals surface area (Å²) in [6, 6.07) is 10.3. The lowest BCUT2D eigenvalue weighted by Gasteiger charge is -2.24. The molecule has 0 aliphatic heterocycles. The quantitative estimate of drug-likeness (QED) is 0.695. The fourth-order valence-electron chi connectivity index (χ4n) is 1.09. The van der Waals surface area contributed by atoms with Crippen LogP contribution >= 0.6 is 0 Å². The number of anilines is 1. The molecule has 0 bridgehead atoms. The van der Waals surface area contributed by atoms with E-state index < -0.39 is 0 Å². The van der Waals surface area contributed by atoms with Gasteiger partial charge in [0, 0.05) is 5.69 Å². The minimum Gasteiger partial charge on any atom is -0.379 e. The minimum absolute atomic E-state index is 1.000. The molecule has 0 amide bonds. The van der Waals surface area contributed by atoms with Crippen molar-refractivity contribution in [3.05, 3.63) is 30.3 Å². The molecule has 0 atom stereocenters. The van der Waals surface area contributed by atoms with E-state index in [0.29, 0.717) is 0 Å². The topological polar surface area (TPSA) is 12.0 Å². The smallest absolute Gasteiger partial charge is 0.0955 e. The number of nitrogens with zero attached hydrogens (tertiary/aromatic N) is 1. The summed E-state index contributed by atoms with van der Waals surface area (Å²) in [5.74, 6) is 0. The standard InChI is InChI=1S/C11H19N2/c1-13(2,3)10-9-12-11-7-5-4-6-8-11/h4-8,12H,9-10H2,1-3H3/q+1. The second kappa shape index (κ2) is 4.28. The highest BCUT2D eigenvalue weighted by Gasteiger charge is 2.04. The maximum Gasteiger partial charge on any atom is 0.0955 e. The van der Waals surface area contributed by atoms with Gasteiger partial charge in [0.05, 0.1) is 34.2 Å². The van der Waals surface area contributed by atoms with Crippen molar-refractivity contribution in [2.24, 2.45) is 0 Å². The molecule has 2 heteroatoms. The molecule has 0 aliphatic rings. The minimum atomic E-state index is 1.000. The van der Waals surface area contributed by atoms with Crippen molar-refractivity contribution in [3.8, 4) is 0 Å². The molecule has 1 aromatic carbocycles. The van der Waals surface area contributed by atoms with E-state index in [0.717, 1.165) is 17.6 Å². The lowest BCUT2D eigenvalue weighted by molar-refractivity contribution is -0.868. The molecule has 1 rings (SSSR count). The zero-order valence-electron chi connectivity index (χ0n) is 8.75. The molecule has 2 nitrogen and oxygen atoms in total. The Morgan fingerprint density at radius 2 is 1.69 bits per heavy atom. The number of nitrogens with one attached hydrogen (secondary N) is 1. The Balaban J connectivity index is 2.29. The van der Waals surface area contributed by atoms with Crippen molar-refractivity contribution in [2.75, 3.05) is 39.5 Å². The highest BCUT2D eigenvalue weighted by Crippen LogP contribution is 2.04. The summed E-state index contributed by atoms with van der Waals surface area (Å²) < 4.78 is 1.000. The second-order valence-electron chi connectivity index (χ2n) is 4.31. The molecule has 13 heavy (non-hydrogen) atoms. The SMILES string of the molecule is C[N+](C)(C)CCNc1ccccc1. The predicted octanol–water partition coefficient (Wildman–Crippen LogP) is 1.80. The van der Waals surface area contributed by atoms with E-state index in [-0.39, 0.29) is 0 Å². The van der Waals surface area contributed by atoms with Crippen LogP contribution in [0.4, 0.5) is 5.69 Å². The highest BCUT2D eigenvalue weighted by atomic mass is 15.3. The molecule has 72 valence electrons. The summed E-state index contributed by atoms with van der Waals surface area (Å²) in [4.78, 5) is 0. The van der Waals surface area contributed by atoms with E-state index in [1.165, 1.54) is 5.69 Å². The third kappa shape index (κ3) is 4.53. The summed E-state index contributed by atoms with van der Waals surface area (Å²) >= 11 is 0. The normalized spacial score (nSPS) is 11.3. The van der Waals surface area contributed by atoms with E-state index in [1.54, 1.807) is 0 Å². The van der Waals surface area contributed by atoms with Gasteiger partial charge in [-0.3, -0.25) is 0 Å². The third-order valence-electron chi connectivity index (χ3n) is 1.89. The highest BCUT2D eigenvalue weighted by molar-refractivity contribution is 5.42. The molecule has 0 aliphatic carbocycles. The van der Waals surface area contributed by atoms with Crippen LogP contribution in [0, 0.1) is 0 Å². The molecule has 0 unspecified atom stereocenters. The van der Waals surface area contributed by atoms with E-state index in [1.807, 2.05) is 18.2 Å². The number of para-hydroxylation sites is 1. The van der Waals surface area contributed by atoms with Crippen molar-refractivity contribution >= 4 is 5.69 Å². The Morgan fingerprint density at radius 3 is 2.23 bits per heavy atom. The van der Waals surface area contributed by atoms with Crippen molar-refractivity contribution < 1.29 is 4.48 Å². The van der Waals surface area contributed by atoms with Crippen LogP contribution in [0.15, 0.2) is 30.3 Å². The lowest BCUT2D eigenvalue weighted by atomic mass is 10.3. The zero-order valence-corrected chi connectivity index (χ0v) is 8.75. The predicted molar refractivity (Wildman–Crippen MR) is 57.8 cm³/mol. The van der Waals surface area contributed by atoms with Gasteiger partial charge in [0.1, 0.15) is 0 Å². The van der Waals surface area contributed by atoms with Crippen LogP contribution in [-0.2, 0) is 0 Å². The number of rotatable bonds is 4. The van der Waals surface area contributed by atoms with Gasteiger partial charge in [0.25, 0.3) is 0 Å². The third-order valence-corrected chi connectivity index (χ3v) is 1.89. The van der Waals surface area contributed by atoms with Gasteiger partial charge in [-0.25, -0.2) is 0 Å². The van der Waals surface area contributed by atoms with Gasteiger partial charge in [-0.05, 0) is 12.1 Å². The Morgan fingerprint density at radius 1 is 1.08 bits per heavy atom. The summed E-state index contributed by atoms with van der Waals surface area (Å²) in [6.07, 6.45) is 0. The van der Waals surface area contributed by atoms with Crippen molar-refractivity contribution in [1.82, 2.24) is 0 Å². The molecule has 0 heterocycles. The molecular formula is C11H19N2+. The monoisotopic (exact) mass is 179 g/mol. The van der Waals surface area contributed by atoms with Crippen LogP contribution in [0.3, 0.4) is 0 Å². The van der Waals surface area contributed by atoms with Crippen LogP contribution in [-0.4, -0.2) is 38.7 Å². The number of hydrogen-bond acceptors (Lipinski definition) is 1. The summed E-state index contributed by atoms with van der Waals surface area (Å²) in [6.45, 7) is 2.16. The van der Waals surface area contributed by atoms with Crippen LogP contribution < -0.4 is 5.32 Å². The van der Waals surface area contributed by atoms with Crippen LogP contribution in [0.1, 0.15) is 0 Å². The van der Waals surface area contributed by atoms with Gasteiger partial charge in [-0.15, -0.1) is 0 Å². The van der Waals surface area contributed by atoms with E-state index >= 15 is 0 Å². The first kappa shape index (κ1) is 10.1. The molecule has 0 spiro atoms. The fraction of sp³-hybridized carbons (Fsp3) is 0.455. The number of hydrogen-bond donors (Lipinski definition) is 1. The van der Waals surface area contributed by atoms with Gasteiger partial charge in [-0.2, -0.15) is 0 Å². The summed E-state index contributed by atoms with van der Waals surface area (Å²) in [5.41, 5.74) is 1.20. The molecule has 0 radical (unpaired) electrons. The summed E-state index contributed by atoms with van der Waals surface area (Å²) in [7, 11) is 6.60. The van der Waals surface area contributed by atoms with E-state index in [9.17, 15) is 0 Å². The fourth-order valence-corrected chi connectivity index (χ4v) is 1.09. The first-order valence-corrected chi connectivity index (χ1v) is 4.67. The van der Waals surface area contributed by atoms with Gasteiger partial charge in [0.15, 0.2) is 0 Å². The van der Waals surface area contributed by atoms with Crippen molar-refractivity contribution in [2.45, 2.75) is 0 Å². The van der Waals surface area contributed by atoms with Gasteiger partial charge >= 0.3 is 0 Å². The maximum atomic E-state index is 3.39. The number of quaternary nitrogens is 1. The molecule has 0 fully saturated rings. The van der Waals surface area contributed by atoms with Crippen LogP contribution in [0.25, 0.3) is 0 Å². The molecule has 1 aromatic rings. The Kier molecular flexibility index (Phi) is 3.32. The maximum absolute atomic E-state index is 3.39. The molecule has 0 saturated carbocycles.